The number of benzene rings is 1. The molecular formula is C17H21FN4S. The summed E-state index contributed by atoms with van der Waals surface area (Å²) >= 11 is 1.72. The smallest absolute Gasteiger partial charge is 0.191 e. The Morgan fingerprint density at radius 3 is 2.70 bits per heavy atom. The van der Waals surface area contributed by atoms with Gasteiger partial charge in [-0.3, -0.25) is 9.98 Å². The quantitative estimate of drug-likeness (QED) is 0.354. The van der Waals surface area contributed by atoms with E-state index in [2.05, 4.69) is 20.6 Å². The summed E-state index contributed by atoms with van der Waals surface area (Å²) in [7, 11) is 1.75. The highest BCUT2D eigenvalue weighted by Gasteiger charge is 1.99. The summed E-state index contributed by atoms with van der Waals surface area (Å²) in [5, 5.41) is 6.50. The summed E-state index contributed by atoms with van der Waals surface area (Å²) in [5.74, 6) is 1.54. The second kappa shape index (κ2) is 9.84. The van der Waals surface area contributed by atoms with Crippen molar-refractivity contribution in [1.82, 2.24) is 15.6 Å². The minimum Gasteiger partial charge on any atom is -0.356 e. The number of hydrogen-bond acceptors (Lipinski definition) is 3. The Morgan fingerprint density at radius 1 is 1.17 bits per heavy atom. The van der Waals surface area contributed by atoms with E-state index in [0.29, 0.717) is 6.54 Å². The number of aliphatic imine (C=N–C) groups is 1. The SMILES string of the molecule is CN=C(NCCCSc1ccc(F)cc1)NCc1ccccn1. The third-order valence-electron chi connectivity index (χ3n) is 3.08. The van der Waals surface area contributed by atoms with Crippen molar-refractivity contribution >= 4 is 17.7 Å². The normalized spacial score (nSPS) is 11.3. The minimum absolute atomic E-state index is 0.196. The van der Waals surface area contributed by atoms with Gasteiger partial charge in [0.1, 0.15) is 5.82 Å². The van der Waals surface area contributed by atoms with E-state index in [9.17, 15) is 4.39 Å². The minimum atomic E-state index is -0.196. The van der Waals surface area contributed by atoms with Gasteiger partial charge in [-0.2, -0.15) is 0 Å². The van der Waals surface area contributed by atoms with Crippen molar-refractivity contribution in [3.05, 3.63) is 60.2 Å². The van der Waals surface area contributed by atoms with Crippen LogP contribution in [0.1, 0.15) is 12.1 Å². The average molecular weight is 332 g/mol. The zero-order valence-corrected chi connectivity index (χ0v) is 13.9. The Kier molecular flexibility index (Phi) is 7.39. The van der Waals surface area contributed by atoms with E-state index < -0.39 is 0 Å². The predicted octanol–water partition coefficient (Wildman–Crippen LogP) is 3.07. The molecule has 0 amide bonds. The number of rotatable bonds is 7. The largest absolute Gasteiger partial charge is 0.356 e. The highest BCUT2D eigenvalue weighted by Crippen LogP contribution is 2.18. The van der Waals surface area contributed by atoms with Crippen LogP contribution in [0.15, 0.2) is 58.5 Å². The molecule has 23 heavy (non-hydrogen) atoms. The van der Waals surface area contributed by atoms with Crippen LogP contribution in [-0.4, -0.2) is 30.3 Å². The number of pyridine rings is 1. The fraction of sp³-hybridized carbons (Fsp3) is 0.294. The molecule has 0 aliphatic carbocycles. The molecule has 0 fully saturated rings. The number of halogens is 1. The van der Waals surface area contributed by atoms with Gasteiger partial charge in [-0.15, -0.1) is 11.8 Å². The van der Waals surface area contributed by atoms with Gasteiger partial charge in [0.05, 0.1) is 12.2 Å². The molecule has 1 aromatic heterocycles. The number of hydrogen-bond donors (Lipinski definition) is 2. The molecule has 0 aliphatic heterocycles. The lowest BCUT2D eigenvalue weighted by atomic mass is 10.3. The molecule has 0 spiro atoms. The molecule has 4 nitrogen and oxygen atoms in total. The van der Waals surface area contributed by atoms with Crippen molar-refractivity contribution < 1.29 is 4.39 Å². The molecule has 0 saturated carbocycles. The number of nitrogens with one attached hydrogen (secondary N) is 2. The van der Waals surface area contributed by atoms with Gasteiger partial charge in [0, 0.05) is 24.7 Å². The van der Waals surface area contributed by atoms with Gasteiger partial charge in [0.2, 0.25) is 0 Å². The van der Waals surface area contributed by atoms with E-state index in [1.54, 1.807) is 37.1 Å². The third kappa shape index (κ3) is 6.69. The first-order chi connectivity index (χ1) is 11.3. The molecule has 0 aliphatic rings. The second-order valence-corrected chi connectivity index (χ2v) is 6.00. The Hall–Kier alpha value is -2.08. The van der Waals surface area contributed by atoms with Crippen LogP contribution >= 0.6 is 11.8 Å². The molecule has 0 unspecified atom stereocenters. The number of guanidine groups is 1. The van der Waals surface area contributed by atoms with Crippen molar-refractivity contribution in [3.63, 3.8) is 0 Å². The van der Waals surface area contributed by atoms with Gasteiger partial charge in [0.25, 0.3) is 0 Å². The highest BCUT2D eigenvalue weighted by molar-refractivity contribution is 7.99. The van der Waals surface area contributed by atoms with Crippen molar-refractivity contribution in [2.45, 2.75) is 17.9 Å². The van der Waals surface area contributed by atoms with E-state index >= 15 is 0 Å². The van der Waals surface area contributed by atoms with E-state index in [-0.39, 0.29) is 5.82 Å². The lowest BCUT2D eigenvalue weighted by Gasteiger charge is -2.11. The highest BCUT2D eigenvalue weighted by atomic mass is 32.2. The van der Waals surface area contributed by atoms with Gasteiger partial charge in [-0.1, -0.05) is 6.07 Å². The summed E-state index contributed by atoms with van der Waals surface area (Å²) in [4.78, 5) is 9.53. The Balaban J connectivity index is 1.61. The van der Waals surface area contributed by atoms with Crippen LogP contribution in [0, 0.1) is 5.82 Å². The van der Waals surface area contributed by atoms with Crippen molar-refractivity contribution in [2.24, 2.45) is 4.99 Å². The summed E-state index contributed by atoms with van der Waals surface area (Å²) in [6, 6.07) is 12.4. The molecule has 2 rings (SSSR count). The maximum atomic E-state index is 12.8. The van der Waals surface area contributed by atoms with Crippen molar-refractivity contribution in [1.29, 1.82) is 0 Å². The van der Waals surface area contributed by atoms with Crippen LogP contribution in [0.4, 0.5) is 4.39 Å². The Bertz CT molecular complexity index is 602. The van der Waals surface area contributed by atoms with Crippen LogP contribution in [0.25, 0.3) is 0 Å². The Morgan fingerprint density at radius 2 is 2.00 bits per heavy atom. The lowest BCUT2D eigenvalue weighted by molar-refractivity contribution is 0.626. The molecular weight excluding hydrogens is 311 g/mol. The Labute approximate surface area is 140 Å². The molecule has 0 saturated heterocycles. The fourth-order valence-corrected chi connectivity index (χ4v) is 2.75. The monoisotopic (exact) mass is 332 g/mol. The number of nitrogens with zero attached hydrogens (tertiary/aromatic N) is 2. The lowest BCUT2D eigenvalue weighted by Crippen LogP contribution is -2.37. The zero-order chi connectivity index (χ0) is 16.3. The maximum absolute atomic E-state index is 12.8. The summed E-state index contributed by atoms with van der Waals surface area (Å²) < 4.78 is 12.8. The van der Waals surface area contributed by atoms with E-state index in [0.717, 1.165) is 35.3 Å². The summed E-state index contributed by atoms with van der Waals surface area (Å²) in [6.07, 6.45) is 2.77. The molecule has 1 aromatic carbocycles. The second-order valence-electron chi connectivity index (χ2n) is 4.83. The molecule has 1 heterocycles. The van der Waals surface area contributed by atoms with E-state index in [1.165, 1.54) is 12.1 Å². The molecule has 6 heteroatoms. The van der Waals surface area contributed by atoms with E-state index in [1.807, 2.05) is 18.2 Å². The van der Waals surface area contributed by atoms with Crippen LogP contribution in [0.2, 0.25) is 0 Å². The topological polar surface area (TPSA) is 49.3 Å². The van der Waals surface area contributed by atoms with Crippen molar-refractivity contribution in [2.75, 3.05) is 19.3 Å². The zero-order valence-electron chi connectivity index (χ0n) is 13.1. The third-order valence-corrected chi connectivity index (χ3v) is 4.18. The first-order valence-electron chi connectivity index (χ1n) is 7.51. The number of aromatic nitrogens is 1. The van der Waals surface area contributed by atoms with Gasteiger partial charge >= 0.3 is 0 Å². The molecule has 0 atom stereocenters. The van der Waals surface area contributed by atoms with Gasteiger partial charge in [-0.25, -0.2) is 4.39 Å². The fourth-order valence-electron chi connectivity index (χ4n) is 1.90. The van der Waals surface area contributed by atoms with Crippen molar-refractivity contribution in [3.8, 4) is 0 Å². The van der Waals surface area contributed by atoms with Gasteiger partial charge in [-0.05, 0) is 48.6 Å². The maximum Gasteiger partial charge on any atom is 0.191 e. The van der Waals surface area contributed by atoms with E-state index in [4.69, 9.17) is 0 Å². The standard InChI is InChI=1S/C17H21FN4S/c1-19-17(22-13-15-5-2-3-10-20-15)21-11-4-12-23-16-8-6-14(18)7-9-16/h2-3,5-10H,4,11-13H2,1H3,(H2,19,21,22). The number of thioether (sulfide) groups is 1. The van der Waals surface area contributed by atoms with Crippen LogP contribution in [0.5, 0.6) is 0 Å². The molecule has 2 N–H and O–H groups in total. The van der Waals surface area contributed by atoms with Gasteiger partial charge in [0.15, 0.2) is 5.96 Å². The van der Waals surface area contributed by atoms with Crippen LogP contribution < -0.4 is 10.6 Å². The summed E-state index contributed by atoms with van der Waals surface area (Å²) in [6.45, 7) is 1.47. The first kappa shape index (κ1) is 17.3. The average Bonchev–Trinajstić information content (AvgIpc) is 2.60. The van der Waals surface area contributed by atoms with Crippen LogP contribution in [0.3, 0.4) is 0 Å². The first-order valence-corrected chi connectivity index (χ1v) is 8.49. The molecule has 0 radical (unpaired) electrons. The molecule has 0 bridgehead atoms. The van der Waals surface area contributed by atoms with Gasteiger partial charge < -0.3 is 10.6 Å². The molecule has 2 aromatic rings. The van der Waals surface area contributed by atoms with Crippen LogP contribution in [-0.2, 0) is 6.54 Å². The molecule has 122 valence electrons. The summed E-state index contributed by atoms with van der Waals surface area (Å²) in [5.41, 5.74) is 0.974. The predicted molar refractivity (Wildman–Crippen MR) is 94.2 cm³/mol.